The Balaban J connectivity index is 1.28. The van der Waals surface area contributed by atoms with Crippen molar-refractivity contribution in [3.05, 3.63) is 71.8 Å². The molecule has 3 N–H and O–H groups in total. The van der Waals surface area contributed by atoms with E-state index in [1.807, 2.05) is 53.4 Å². The maximum Gasteiger partial charge on any atom is 0.317 e. The van der Waals surface area contributed by atoms with E-state index in [4.69, 9.17) is 0 Å². The van der Waals surface area contributed by atoms with E-state index in [1.165, 1.54) is 0 Å². The normalized spacial score (nSPS) is 14.0. The SMILES string of the molecule is O=C(CN1CCN(C(=O)NCCNC(=O)c2ccccc2)CC1)NCc1ccccc1. The molecule has 0 unspecified atom stereocenters. The monoisotopic (exact) mass is 423 g/mol. The van der Waals surface area contributed by atoms with Crippen molar-refractivity contribution in [2.75, 3.05) is 45.8 Å². The van der Waals surface area contributed by atoms with Crippen molar-refractivity contribution < 1.29 is 14.4 Å². The summed E-state index contributed by atoms with van der Waals surface area (Å²) in [6, 6.07) is 18.6. The highest BCUT2D eigenvalue weighted by Crippen LogP contribution is 2.03. The van der Waals surface area contributed by atoms with Crippen molar-refractivity contribution >= 4 is 17.8 Å². The third-order valence-corrected chi connectivity index (χ3v) is 5.08. The molecule has 1 aliphatic rings. The van der Waals surface area contributed by atoms with Gasteiger partial charge in [0.1, 0.15) is 0 Å². The highest BCUT2D eigenvalue weighted by molar-refractivity contribution is 5.94. The summed E-state index contributed by atoms with van der Waals surface area (Å²) in [5, 5.41) is 8.54. The predicted molar refractivity (Wildman–Crippen MR) is 118 cm³/mol. The van der Waals surface area contributed by atoms with Gasteiger partial charge in [0.15, 0.2) is 0 Å². The van der Waals surface area contributed by atoms with Crippen molar-refractivity contribution in [1.29, 1.82) is 0 Å². The van der Waals surface area contributed by atoms with Gasteiger partial charge in [-0.25, -0.2) is 4.79 Å². The molecule has 0 bridgehead atoms. The van der Waals surface area contributed by atoms with E-state index < -0.39 is 0 Å². The fourth-order valence-corrected chi connectivity index (χ4v) is 3.31. The zero-order chi connectivity index (χ0) is 21.9. The number of rotatable bonds is 8. The van der Waals surface area contributed by atoms with E-state index in [-0.39, 0.29) is 17.8 Å². The van der Waals surface area contributed by atoms with Gasteiger partial charge in [-0.2, -0.15) is 0 Å². The first-order chi connectivity index (χ1) is 15.1. The minimum absolute atomic E-state index is 0.0177. The van der Waals surface area contributed by atoms with Crippen molar-refractivity contribution in [3.63, 3.8) is 0 Å². The molecular weight excluding hydrogens is 394 g/mol. The molecule has 8 heteroatoms. The van der Waals surface area contributed by atoms with Crippen molar-refractivity contribution in [2.24, 2.45) is 0 Å². The fourth-order valence-electron chi connectivity index (χ4n) is 3.31. The third kappa shape index (κ3) is 7.42. The Morgan fingerprint density at radius 3 is 2.03 bits per heavy atom. The van der Waals surface area contributed by atoms with Crippen LogP contribution in [0, 0.1) is 0 Å². The number of amides is 4. The molecule has 2 aromatic rings. The first-order valence-electron chi connectivity index (χ1n) is 10.5. The molecule has 1 aliphatic heterocycles. The zero-order valence-electron chi connectivity index (χ0n) is 17.5. The molecule has 0 saturated carbocycles. The second kappa shape index (κ2) is 11.7. The molecule has 4 amide bonds. The van der Waals surface area contributed by atoms with Gasteiger partial charge < -0.3 is 20.9 Å². The van der Waals surface area contributed by atoms with Gasteiger partial charge in [-0.1, -0.05) is 48.5 Å². The maximum atomic E-state index is 12.3. The Morgan fingerprint density at radius 1 is 0.742 bits per heavy atom. The number of hydrogen-bond donors (Lipinski definition) is 3. The number of hydrogen-bond acceptors (Lipinski definition) is 4. The molecule has 2 aromatic carbocycles. The van der Waals surface area contributed by atoms with Crippen LogP contribution in [0.15, 0.2) is 60.7 Å². The average Bonchev–Trinajstić information content (AvgIpc) is 2.82. The quantitative estimate of drug-likeness (QED) is 0.554. The van der Waals surface area contributed by atoms with Crippen LogP contribution < -0.4 is 16.0 Å². The number of carbonyl (C=O) groups is 3. The molecule has 0 atom stereocenters. The highest BCUT2D eigenvalue weighted by atomic mass is 16.2. The molecule has 0 aromatic heterocycles. The summed E-state index contributed by atoms with van der Waals surface area (Å²) in [6.07, 6.45) is 0. The lowest BCUT2D eigenvalue weighted by atomic mass is 10.2. The van der Waals surface area contributed by atoms with E-state index in [0.717, 1.165) is 5.56 Å². The van der Waals surface area contributed by atoms with Crippen molar-refractivity contribution in [1.82, 2.24) is 25.8 Å². The topological polar surface area (TPSA) is 93.8 Å². The smallest absolute Gasteiger partial charge is 0.317 e. The van der Waals surface area contributed by atoms with E-state index in [0.29, 0.717) is 57.9 Å². The molecule has 1 saturated heterocycles. The largest absolute Gasteiger partial charge is 0.351 e. The summed E-state index contributed by atoms with van der Waals surface area (Å²) in [6.45, 7) is 3.99. The molecule has 164 valence electrons. The second-order valence-corrected chi connectivity index (χ2v) is 7.38. The lowest BCUT2D eigenvalue weighted by Crippen LogP contribution is -2.54. The Bertz CT molecular complexity index is 852. The molecular formula is C23H29N5O3. The summed E-state index contributed by atoms with van der Waals surface area (Å²) in [7, 11) is 0. The van der Waals surface area contributed by atoms with Gasteiger partial charge in [-0.15, -0.1) is 0 Å². The molecule has 1 fully saturated rings. The van der Waals surface area contributed by atoms with Crippen LogP contribution in [0.5, 0.6) is 0 Å². The van der Waals surface area contributed by atoms with E-state index in [9.17, 15) is 14.4 Å². The standard InChI is InChI=1S/C23H29N5O3/c29-21(26-17-19-7-3-1-4-8-19)18-27-13-15-28(16-14-27)23(31)25-12-11-24-22(30)20-9-5-2-6-10-20/h1-10H,11-18H2,(H,24,30)(H,25,31)(H,26,29). The zero-order valence-corrected chi connectivity index (χ0v) is 17.5. The van der Waals surface area contributed by atoms with Gasteiger partial charge >= 0.3 is 6.03 Å². The molecule has 3 rings (SSSR count). The minimum atomic E-state index is -0.158. The van der Waals surface area contributed by atoms with E-state index >= 15 is 0 Å². The summed E-state index contributed by atoms with van der Waals surface area (Å²) in [5.41, 5.74) is 1.66. The predicted octanol–water partition coefficient (Wildman–Crippen LogP) is 1.06. The molecule has 0 aliphatic carbocycles. The average molecular weight is 424 g/mol. The second-order valence-electron chi connectivity index (χ2n) is 7.38. The lowest BCUT2D eigenvalue weighted by molar-refractivity contribution is -0.122. The van der Waals surface area contributed by atoms with E-state index in [2.05, 4.69) is 16.0 Å². The van der Waals surface area contributed by atoms with Crippen LogP contribution in [0.3, 0.4) is 0 Å². The van der Waals surface area contributed by atoms with Crippen molar-refractivity contribution in [2.45, 2.75) is 6.54 Å². The third-order valence-electron chi connectivity index (χ3n) is 5.08. The first-order valence-corrected chi connectivity index (χ1v) is 10.5. The number of piperazine rings is 1. The Labute approximate surface area is 182 Å². The number of urea groups is 1. The van der Waals surface area contributed by atoms with Crippen LogP contribution in [0.2, 0.25) is 0 Å². The van der Waals surface area contributed by atoms with Crippen LogP contribution in [0.4, 0.5) is 4.79 Å². The van der Waals surface area contributed by atoms with Gasteiger partial charge in [0.2, 0.25) is 5.91 Å². The summed E-state index contributed by atoms with van der Waals surface area (Å²) in [5.74, 6) is -0.176. The molecule has 31 heavy (non-hydrogen) atoms. The Morgan fingerprint density at radius 2 is 1.35 bits per heavy atom. The molecule has 8 nitrogen and oxygen atoms in total. The molecule has 0 spiro atoms. The van der Waals surface area contributed by atoms with Crippen LogP contribution in [0.25, 0.3) is 0 Å². The summed E-state index contributed by atoms with van der Waals surface area (Å²) < 4.78 is 0. The van der Waals surface area contributed by atoms with Gasteiger partial charge in [-0.3, -0.25) is 14.5 Å². The number of carbonyl (C=O) groups excluding carboxylic acids is 3. The fraction of sp³-hybridized carbons (Fsp3) is 0.348. The Kier molecular flexibility index (Phi) is 8.42. The Hall–Kier alpha value is -3.39. The number of nitrogens with one attached hydrogen (secondary N) is 3. The summed E-state index contributed by atoms with van der Waals surface area (Å²) in [4.78, 5) is 40.2. The lowest BCUT2D eigenvalue weighted by Gasteiger charge is -2.34. The van der Waals surface area contributed by atoms with Crippen molar-refractivity contribution in [3.8, 4) is 0 Å². The summed E-state index contributed by atoms with van der Waals surface area (Å²) >= 11 is 0. The van der Waals surface area contributed by atoms with Crippen LogP contribution in [0.1, 0.15) is 15.9 Å². The number of nitrogens with zero attached hydrogens (tertiary/aromatic N) is 2. The van der Waals surface area contributed by atoms with E-state index in [1.54, 1.807) is 17.0 Å². The highest BCUT2D eigenvalue weighted by Gasteiger charge is 2.22. The van der Waals surface area contributed by atoms with Crippen LogP contribution in [-0.4, -0.2) is 73.5 Å². The molecule has 0 radical (unpaired) electrons. The minimum Gasteiger partial charge on any atom is -0.351 e. The van der Waals surface area contributed by atoms with Crippen LogP contribution >= 0.6 is 0 Å². The van der Waals surface area contributed by atoms with Gasteiger partial charge in [0, 0.05) is 51.4 Å². The molecule has 1 heterocycles. The van der Waals surface area contributed by atoms with Gasteiger partial charge in [0.05, 0.1) is 6.54 Å². The van der Waals surface area contributed by atoms with Crippen LogP contribution in [-0.2, 0) is 11.3 Å². The van der Waals surface area contributed by atoms with Gasteiger partial charge in [0.25, 0.3) is 5.91 Å². The number of benzene rings is 2. The van der Waals surface area contributed by atoms with Gasteiger partial charge in [-0.05, 0) is 17.7 Å². The maximum absolute atomic E-state index is 12.3. The first kappa shape index (κ1) is 22.3.